The molecule has 0 aliphatic carbocycles. The van der Waals surface area contributed by atoms with Crippen LogP contribution in [0.1, 0.15) is 12.5 Å². The number of tetrazole rings is 1. The summed E-state index contributed by atoms with van der Waals surface area (Å²) in [6.45, 7) is 3.56. The fourth-order valence-corrected chi connectivity index (χ4v) is 1.86. The average Bonchev–Trinajstić information content (AvgIpc) is 2.93. The molecule has 2 aromatic rings. The lowest BCUT2D eigenvalue weighted by Gasteiger charge is -2.20. The predicted octanol–water partition coefficient (Wildman–Crippen LogP) is 0.764. The second-order valence-electron chi connectivity index (χ2n) is 4.22. The SMILES string of the molecule is CCN(CCc1ccccc1)C(=O)Cn1cnnn1. The molecule has 0 spiro atoms. The first-order chi connectivity index (χ1) is 9.29. The first-order valence-corrected chi connectivity index (χ1v) is 6.32. The predicted molar refractivity (Wildman–Crippen MR) is 70.2 cm³/mol. The zero-order chi connectivity index (χ0) is 13.5. The molecule has 0 aliphatic rings. The summed E-state index contributed by atoms with van der Waals surface area (Å²) in [4.78, 5) is 13.9. The number of carbonyl (C=O) groups excluding carboxylic acids is 1. The summed E-state index contributed by atoms with van der Waals surface area (Å²) in [7, 11) is 0. The van der Waals surface area contributed by atoms with Gasteiger partial charge in [0.05, 0.1) is 0 Å². The topological polar surface area (TPSA) is 63.9 Å². The van der Waals surface area contributed by atoms with Crippen molar-refractivity contribution in [2.45, 2.75) is 19.9 Å². The van der Waals surface area contributed by atoms with Crippen LogP contribution in [0, 0.1) is 0 Å². The van der Waals surface area contributed by atoms with E-state index in [-0.39, 0.29) is 12.5 Å². The van der Waals surface area contributed by atoms with Crippen LogP contribution in [0.5, 0.6) is 0 Å². The molecule has 6 nitrogen and oxygen atoms in total. The molecule has 1 aromatic carbocycles. The van der Waals surface area contributed by atoms with Crippen LogP contribution in [0.3, 0.4) is 0 Å². The molecule has 0 aliphatic heterocycles. The van der Waals surface area contributed by atoms with E-state index in [1.807, 2.05) is 30.0 Å². The largest absolute Gasteiger partial charge is 0.341 e. The molecule has 1 amide bonds. The normalized spacial score (nSPS) is 10.4. The zero-order valence-electron chi connectivity index (χ0n) is 10.9. The molecule has 0 bridgehead atoms. The molecule has 0 radical (unpaired) electrons. The summed E-state index contributed by atoms with van der Waals surface area (Å²) >= 11 is 0. The van der Waals surface area contributed by atoms with Crippen molar-refractivity contribution in [1.82, 2.24) is 25.1 Å². The Kier molecular flexibility index (Phi) is 4.60. The van der Waals surface area contributed by atoms with Crippen LogP contribution >= 0.6 is 0 Å². The van der Waals surface area contributed by atoms with E-state index in [0.29, 0.717) is 13.1 Å². The summed E-state index contributed by atoms with van der Waals surface area (Å²) < 4.78 is 1.44. The van der Waals surface area contributed by atoms with Gasteiger partial charge in [0.1, 0.15) is 12.9 Å². The summed E-state index contributed by atoms with van der Waals surface area (Å²) in [6.07, 6.45) is 2.30. The van der Waals surface area contributed by atoms with Crippen LogP contribution in [-0.2, 0) is 17.8 Å². The molecular weight excluding hydrogens is 242 g/mol. The number of rotatable bonds is 6. The van der Waals surface area contributed by atoms with Gasteiger partial charge in [-0.05, 0) is 29.3 Å². The summed E-state index contributed by atoms with van der Waals surface area (Å²) in [5.74, 6) is 0.0331. The van der Waals surface area contributed by atoms with Gasteiger partial charge in [0.25, 0.3) is 0 Å². The van der Waals surface area contributed by atoms with Crippen molar-refractivity contribution in [3.8, 4) is 0 Å². The van der Waals surface area contributed by atoms with Crippen LogP contribution in [-0.4, -0.2) is 44.1 Å². The van der Waals surface area contributed by atoms with Crippen LogP contribution < -0.4 is 0 Å². The fraction of sp³-hybridized carbons (Fsp3) is 0.385. The molecular formula is C13H17N5O. The van der Waals surface area contributed by atoms with Crippen molar-refractivity contribution in [2.75, 3.05) is 13.1 Å². The second-order valence-corrected chi connectivity index (χ2v) is 4.22. The van der Waals surface area contributed by atoms with Gasteiger partial charge in [-0.1, -0.05) is 30.3 Å². The quantitative estimate of drug-likeness (QED) is 0.768. The van der Waals surface area contributed by atoms with Crippen LogP contribution in [0.25, 0.3) is 0 Å². The van der Waals surface area contributed by atoms with E-state index in [2.05, 4.69) is 27.7 Å². The Bertz CT molecular complexity index is 497. The van der Waals surface area contributed by atoms with E-state index in [1.165, 1.54) is 16.6 Å². The molecule has 6 heteroatoms. The third-order valence-corrected chi connectivity index (χ3v) is 2.94. The molecule has 1 heterocycles. The van der Waals surface area contributed by atoms with Crippen molar-refractivity contribution in [1.29, 1.82) is 0 Å². The number of aromatic nitrogens is 4. The number of likely N-dealkylation sites (N-methyl/N-ethyl adjacent to an activating group) is 1. The second kappa shape index (κ2) is 6.63. The van der Waals surface area contributed by atoms with Crippen molar-refractivity contribution in [3.63, 3.8) is 0 Å². The van der Waals surface area contributed by atoms with Gasteiger partial charge in [0.2, 0.25) is 5.91 Å². The maximum Gasteiger partial charge on any atom is 0.244 e. The van der Waals surface area contributed by atoms with Crippen molar-refractivity contribution < 1.29 is 4.79 Å². The Balaban J connectivity index is 1.87. The summed E-state index contributed by atoms with van der Waals surface area (Å²) in [5, 5.41) is 10.7. The first-order valence-electron chi connectivity index (χ1n) is 6.32. The minimum absolute atomic E-state index is 0.0331. The minimum Gasteiger partial charge on any atom is -0.341 e. The van der Waals surface area contributed by atoms with E-state index in [0.717, 1.165) is 6.42 Å². The van der Waals surface area contributed by atoms with E-state index in [9.17, 15) is 4.79 Å². The molecule has 0 fully saturated rings. The van der Waals surface area contributed by atoms with Gasteiger partial charge in [0, 0.05) is 13.1 Å². The molecule has 1 aromatic heterocycles. The van der Waals surface area contributed by atoms with Crippen molar-refractivity contribution in [3.05, 3.63) is 42.2 Å². The van der Waals surface area contributed by atoms with E-state index in [4.69, 9.17) is 0 Å². The lowest BCUT2D eigenvalue weighted by atomic mass is 10.1. The molecule has 19 heavy (non-hydrogen) atoms. The van der Waals surface area contributed by atoms with Gasteiger partial charge in [-0.2, -0.15) is 0 Å². The Morgan fingerprint density at radius 3 is 2.74 bits per heavy atom. The Morgan fingerprint density at radius 2 is 2.11 bits per heavy atom. The van der Waals surface area contributed by atoms with Gasteiger partial charge < -0.3 is 4.90 Å². The highest BCUT2D eigenvalue weighted by Gasteiger charge is 2.12. The Morgan fingerprint density at radius 1 is 1.32 bits per heavy atom. The van der Waals surface area contributed by atoms with E-state index < -0.39 is 0 Å². The standard InChI is InChI=1S/C13H17N5O/c1-2-17(9-8-12-6-4-3-5-7-12)13(19)10-18-11-14-15-16-18/h3-7,11H,2,8-10H2,1H3. The Labute approximate surface area is 112 Å². The highest BCUT2D eigenvalue weighted by Crippen LogP contribution is 2.02. The highest BCUT2D eigenvalue weighted by molar-refractivity contribution is 5.75. The highest BCUT2D eigenvalue weighted by atomic mass is 16.2. The first kappa shape index (κ1) is 13.2. The smallest absolute Gasteiger partial charge is 0.244 e. The average molecular weight is 259 g/mol. The van der Waals surface area contributed by atoms with Crippen LogP contribution in [0.15, 0.2) is 36.7 Å². The zero-order valence-corrected chi connectivity index (χ0v) is 10.9. The van der Waals surface area contributed by atoms with Crippen molar-refractivity contribution in [2.24, 2.45) is 0 Å². The third kappa shape index (κ3) is 3.87. The number of carbonyl (C=O) groups is 1. The summed E-state index contributed by atoms with van der Waals surface area (Å²) in [6, 6.07) is 10.1. The lowest BCUT2D eigenvalue weighted by Crippen LogP contribution is -2.35. The fourth-order valence-electron chi connectivity index (χ4n) is 1.86. The molecule has 0 atom stereocenters. The maximum atomic E-state index is 12.1. The number of hydrogen-bond acceptors (Lipinski definition) is 4. The van der Waals surface area contributed by atoms with Gasteiger partial charge in [-0.25, -0.2) is 4.68 Å². The molecule has 0 unspecified atom stereocenters. The molecule has 0 saturated heterocycles. The number of benzene rings is 1. The molecule has 0 saturated carbocycles. The third-order valence-electron chi connectivity index (χ3n) is 2.94. The monoisotopic (exact) mass is 259 g/mol. The van der Waals surface area contributed by atoms with Gasteiger partial charge in [-0.3, -0.25) is 4.79 Å². The lowest BCUT2D eigenvalue weighted by molar-refractivity contribution is -0.131. The number of nitrogens with zero attached hydrogens (tertiary/aromatic N) is 5. The minimum atomic E-state index is 0.0331. The van der Waals surface area contributed by atoms with Gasteiger partial charge >= 0.3 is 0 Å². The van der Waals surface area contributed by atoms with Crippen LogP contribution in [0.2, 0.25) is 0 Å². The number of hydrogen-bond donors (Lipinski definition) is 0. The van der Waals surface area contributed by atoms with Crippen LogP contribution in [0.4, 0.5) is 0 Å². The molecule has 0 N–H and O–H groups in total. The number of amides is 1. The van der Waals surface area contributed by atoms with Gasteiger partial charge in [-0.15, -0.1) is 5.10 Å². The van der Waals surface area contributed by atoms with Gasteiger partial charge in [0.15, 0.2) is 0 Å². The molecule has 100 valence electrons. The van der Waals surface area contributed by atoms with Crippen molar-refractivity contribution >= 4 is 5.91 Å². The summed E-state index contributed by atoms with van der Waals surface area (Å²) in [5.41, 5.74) is 1.23. The van der Waals surface area contributed by atoms with E-state index in [1.54, 1.807) is 0 Å². The molecule has 2 rings (SSSR count). The van der Waals surface area contributed by atoms with E-state index >= 15 is 0 Å². The Hall–Kier alpha value is -2.24. The maximum absolute atomic E-state index is 12.1.